The van der Waals surface area contributed by atoms with Gasteiger partial charge in [0.05, 0.1) is 18.4 Å². The quantitative estimate of drug-likeness (QED) is 0.571. The molecular weight excluding hydrogens is 407 g/mol. The first-order valence-corrected chi connectivity index (χ1v) is 10.5. The highest BCUT2D eigenvalue weighted by atomic mass is 19.1. The zero-order valence-electron chi connectivity index (χ0n) is 17.5. The number of aryl methyl sites for hydroxylation is 1. The Kier molecular flexibility index (Phi) is 4.98. The largest absolute Gasteiger partial charge is 0.497 e. The summed E-state index contributed by atoms with van der Waals surface area (Å²) >= 11 is 0. The Morgan fingerprint density at radius 1 is 0.844 bits per heavy atom. The molecule has 32 heavy (non-hydrogen) atoms. The SMILES string of the molecule is COc1ccc(C2=C(N3CCCc4ccccc43)C(=O)N(c3ccccc3F)C2=O)cc1. The number of hydrogen-bond donors (Lipinski definition) is 0. The Labute approximate surface area is 185 Å². The average molecular weight is 428 g/mol. The highest BCUT2D eigenvalue weighted by molar-refractivity contribution is 6.46. The van der Waals surface area contributed by atoms with Crippen molar-refractivity contribution in [2.24, 2.45) is 0 Å². The van der Waals surface area contributed by atoms with Crippen molar-refractivity contribution in [3.05, 3.63) is 95.4 Å². The van der Waals surface area contributed by atoms with Crippen LogP contribution in [-0.2, 0) is 16.0 Å². The number of para-hydroxylation sites is 2. The molecule has 0 spiro atoms. The molecule has 0 aliphatic carbocycles. The molecule has 2 amide bonds. The van der Waals surface area contributed by atoms with Crippen molar-refractivity contribution in [3.63, 3.8) is 0 Å². The first kappa shape index (κ1) is 20.0. The monoisotopic (exact) mass is 428 g/mol. The molecule has 160 valence electrons. The van der Waals surface area contributed by atoms with Gasteiger partial charge in [0.15, 0.2) is 0 Å². The molecule has 0 unspecified atom stereocenters. The fourth-order valence-corrected chi connectivity index (χ4v) is 4.40. The number of carbonyl (C=O) groups is 2. The standard InChI is InChI=1S/C26H21FN2O3/c1-32-19-14-12-18(13-15-19)23-24(28-16-6-8-17-7-2-4-10-21(17)28)26(31)29(25(23)30)22-11-5-3-9-20(22)27/h2-5,7,9-15H,6,8,16H2,1H3. The maximum absolute atomic E-state index is 14.6. The number of carbonyl (C=O) groups excluding carboxylic acids is 2. The highest BCUT2D eigenvalue weighted by Crippen LogP contribution is 2.40. The number of ether oxygens (including phenoxy) is 1. The summed E-state index contributed by atoms with van der Waals surface area (Å²) in [6.45, 7) is 0.593. The van der Waals surface area contributed by atoms with E-state index in [2.05, 4.69) is 0 Å². The maximum Gasteiger partial charge on any atom is 0.282 e. The van der Waals surface area contributed by atoms with Gasteiger partial charge < -0.3 is 9.64 Å². The van der Waals surface area contributed by atoms with Crippen molar-refractivity contribution in [1.29, 1.82) is 0 Å². The van der Waals surface area contributed by atoms with Gasteiger partial charge >= 0.3 is 0 Å². The van der Waals surface area contributed by atoms with E-state index >= 15 is 0 Å². The van der Waals surface area contributed by atoms with Gasteiger partial charge in [0, 0.05) is 12.2 Å². The molecule has 0 fully saturated rings. The Morgan fingerprint density at radius 3 is 2.25 bits per heavy atom. The molecule has 0 aromatic heterocycles. The van der Waals surface area contributed by atoms with Crippen LogP contribution in [0.2, 0.25) is 0 Å². The number of anilines is 2. The smallest absolute Gasteiger partial charge is 0.282 e. The van der Waals surface area contributed by atoms with E-state index in [0.29, 0.717) is 17.9 Å². The van der Waals surface area contributed by atoms with Crippen molar-refractivity contribution in [1.82, 2.24) is 0 Å². The number of halogens is 1. The van der Waals surface area contributed by atoms with Gasteiger partial charge in [-0.1, -0.05) is 42.5 Å². The lowest BCUT2D eigenvalue weighted by Gasteiger charge is -2.32. The lowest BCUT2D eigenvalue weighted by Crippen LogP contribution is -2.37. The number of methoxy groups -OCH3 is 1. The molecule has 5 nitrogen and oxygen atoms in total. The minimum Gasteiger partial charge on any atom is -0.497 e. The van der Waals surface area contributed by atoms with E-state index in [1.54, 1.807) is 37.4 Å². The zero-order chi connectivity index (χ0) is 22.2. The van der Waals surface area contributed by atoms with Gasteiger partial charge in [-0.3, -0.25) is 9.59 Å². The lowest BCUT2D eigenvalue weighted by molar-refractivity contribution is -0.120. The minimum absolute atomic E-state index is 0.0474. The summed E-state index contributed by atoms with van der Waals surface area (Å²) in [6, 6.07) is 20.7. The summed E-state index contributed by atoms with van der Waals surface area (Å²) in [5, 5.41) is 0. The summed E-state index contributed by atoms with van der Waals surface area (Å²) in [4.78, 5) is 30.2. The predicted octanol–water partition coefficient (Wildman–Crippen LogP) is 4.57. The maximum atomic E-state index is 14.6. The van der Waals surface area contributed by atoms with E-state index in [4.69, 9.17) is 4.74 Å². The topological polar surface area (TPSA) is 49.9 Å². The van der Waals surface area contributed by atoms with Gasteiger partial charge in [-0.2, -0.15) is 0 Å². The molecule has 0 N–H and O–H groups in total. The first-order chi connectivity index (χ1) is 15.6. The Hall–Kier alpha value is -3.93. The number of hydrogen-bond acceptors (Lipinski definition) is 4. The molecular formula is C26H21FN2O3. The van der Waals surface area contributed by atoms with Gasteiger partial charge in [-0.15, -0.1) is 0 Å². The number of imide groups is 1. The summed E-state index contributed by atoms with van der Waals surface area (Å²) < 4.78 is 19.9. The summed E-state index contributed by atoms with van der Waals surface area (Å²) in [7, 11) is 1.56. The molecule has 0 radical (unpaired) electrons. The molecule has 0 saturated carbocycles. The second-order valence-corrected chi connectivity index (χ2v) is 7.73. The number of nitrogens with zero attached hydrogens (tertiary/aromatic N) is 2. The van der Waals surface area contributed by atoms with Crippen LogP contribution in [0, 0.1) is 5.82 Å². The molecule has 5 rings (SSSR count). The summed E-state index contributed by atoms with van der Waals surface area (Å²) in [5.74, 6) is -1.04. The van der Waals surface area contributed by atoms with Crippen molar-refractivity contribution < 1.29 is 18.7 Å². The lowest BCUT2D eigenvalue weighted by atomic mass is 9.98. The van der Waals surface area contributed by atoms with E-state index in [9.17, 15) is 14.0 Å². The van der Waals surface area contributed by atoms with Crippen molar-refractivity contribution >= 4 is 28.8 Å². The molecule has 6 heteroatoms. The van der Waals surface area contributed by atoms with Crippen LogP contribution < -0.4 is 14.5 Å². The molecule has 3 aromatic carbocycles. The van der Waals surface area contributed by atoms with Crippen LogP contribution in [0.1, 0.15) is 17.5 Å². The second-order valence-electron chi connectivity index (χ2n) is 7.73. The molecule has 3 aromatic rings. The number of fused-ring (bicyclic) bond motifs is 1. The van der Waals surface area contributed by atoms with Crippen LogP contribution in [0.5, 0.6) is 5.75 Å². The third kappa shape index (κ3) is 3.15. The van der Waals surface area contributed by atoms with E-state index in [1.807, 2.05) is 29.2 Å². The zero-order valence-corrected chi connectivity index (χ0v) is 17.5. The summed E-state index contributed by atoms with van der Waals surface area (Å²) in [5.41, 5.74) is 3.09. The van der Waals surface area contributed by atoms with Gasteiger partial charge in [-0.05, 0) is 54.3 Å². The second kappa shape index (κ2) is 7.96. The van der Waals surface area contributed by atoms with Gasteiger partial charge in [0.2, 0.25) is 0 Å². The molecule has 2 aliphatic rings. The van der Waals surface area contributed by atoms with Crippen molar-refractivity contribution in [3.8, 4) is 5.75 Å². The fourth-order valence-electron chi connectivity index (χ4n) is 4.40. The van der Waals surface area contributed by atoms with E-state index in [-0.39, 0.29) is 17.0 Å². The Bertz CT molecular complexity index is 1250. The number of amides is 2. The highest BCUT2D eigenvalue weighted by Gasteiger charge is 2.44. The van der Waals surface area contributed by atoms with Gasteiger partial charge in [0.1, 0.15) is 17.3 Å². The van der Waals surface area contributed by atoms with E-state index in [1.165, 1.54) is 18.2 Å². The van der Waals surface area contributed by atoms with Crippen LogP contribution in [0.3, 0.4) is 0 Å². The van der Waals surface area contributed by atoms with E-state index < -0.39 is 17.6 Å². The average Bonchev–Trinajstić information content (AvgIpc) is 3.09. The Balaban J connectivity index is 1.70. The van der Waals surface area contributed by atoms with Crippen LogP contribution in [0.15, 0.2) is 78.5 Å². The molecule has 2 aliphatic heterocycles. The van der Waals surface area contributed by atoms with Crippen molar-refractivity contribution in [2.45, 2.75) is 12.8 Å². The molecule has 2 heterocycles. The first-order valence-electron chi connectivity index (χ1n) is 10.5. The van der Waals surface area contributed by atoms with Crippen molar-refractivity contribution in [2.75, 3.05) is 23.5 Å². The van der Waals surface area contributed by atoms with E-state index in [0.717, 1.165) is 29.0 Å². The molecule has 0 atom stereocenters. The number of rotatable bonds is 4. The van der Waals surface area contributed by atoms with Crippen LogP contribution in [0.4, 0.5) is 15.8 Å². The predicted molar refractivity (Wildman–Crippen MR) is 121 cm³/mol. The third-order valence-corrected chi connectivity index (χ3v) is 5.91. The van der Waals surface area contributed by atoms with Crippen LogP contribution >= 0.6 is 0 Å². The van der Waals surface area contributed by atoms with Gasteiger partial charge in [0.25, 0.3) is 11.8 Å². The fraction of sp³-hybridized carbons (Fsp3) is 0.154. The molecule has 0 saturated heterocycles. The summed E-state index contributed by atoms with van der Waals surface area (Å²) in [6.07, 6.45) is 1.74. The molecule has 0 bridgehead atoms. The van der Waals surface area contributed by atoms with Gasteiger partial charge in [-0.25, -0.2) is 9.29 Å². The third-order valence-electron chi connectivity index (χ3n) is 5.91. The normalized spacial score (nSPS) is 15.9. The van der Waals surface area contributed by atoms with Crippen LogP contribution in [-0.4, -0.2) is 25.5 Å². The number of benzene rings is 3. The van der Waals surface area contributed by atoms with Crippen LogP contribution in [0.25, 0.3) is 5.57 Å². The minimum atomic E-state index is -0.622. The Morgan fingerprint density at radius 2 is 1.53 bits per heavy atom.